The highest BCUT2D eigenvalue weighted by molar-refractivity contribution is 6.31. The average molecular weight is 418 g/mol. The Labute approximate surface area is 173 Å². The molecule has 0 radical (unpaired) electrons. The number of nitrogens with two attached hydrogens (primary N) is 1. The minimum absolute atomic E-state index is 0.230. The maximum atomic E-state index is 13.1. The Morgan fingerprint density at radius 3 is 2.76 bits per heavy atom. The molecule has 29 heavy (non-hydrogen) atoms. The number of likely N-dealkylation sites (N-methyl/N-ethyl adjacent to an activating group) is 1. The van der Waals surface area contributed by atoms with E-state index in [0.717, 1.165) is 16.2 Å². The highest BCUT2D eigenvalue weighted by Crippen LogP contribution is 2.30. The van der Waals surface area contributed by atoms with Gasteiger partial charge in [-0.1, -0.05) is 29.6 Å². The van der Waals surface area contributed by atoms with Gasteiger partial charge in [-0.05, 0) is 24.6 Å². The quantitative estimate of drug-likeness (QED) is 0.729. The number of nitrogens with zero attached hydrogens (tertiary/aromatic N) is 5. The summed E-state index contributed by atoms with van der Waals surface area (Å²) in [5.41, 5.74) is 7.07. The van der Waals surface area contributed by atoms with E-state index in [0.29, 0.717) is 29.9 Å². The van der Waals surface area contributed by atoms with Crippen molar-refractivity contribution in [3.8, 4) is 0 Å². The van der Waals surface area contributed by atoms with Crippen molar-refractivity contribution >= 4 is 46.9 Å². The Balaban J connectivity index is 1.79. The number of carbonyl (C=O) groups is 3. The third-order valence-electron chi connectivity index (χ3n) is 5.41. The van der Waals surface area contributed by atoms with Crippen LogP contribution in [-0.4, -0.2) is 76.7 Å². The minimum atomic E-state index is -0.766. The van der Waals surface area contributed by atoms with Crippen molar-refractivity contribution in [3.63, 3.8) is 0 Å². The van der Waals surface area contributed by atoms with E-state index < -0.39 is 30.4 Å². The highest BCUT2D eigenvalue weighted by atomic mass is 35.5. The van der Waals surface area contributed by atoms with Crippen LogP contribution >= 0.6 is 11.6 Å². The van der Waals surface area contributed by atoms with Gasteiger partial charge in [-0.2, -0.15) is 0 Å². The zero-order valence-electron chi connectivity index (χ0n) is 16.4. The number of fused-ring (bicyclic) bond motifs is 2. The molecule has 0 aliphatic carbocycles. The fourth-order valence-corrected chi connectivity index (χ4v) is 4.14. The van der Waals surface area contributed by atoms with Crippen molar-refractivity contribution in [2.24, 2.45) is 16.6 Å². The molecule has 9 nitrogen and oxygen atoms in total. The van der Waals surface area contributed by atoms with Gasteiger partial charge in [-0.25, -0.2) is 14.3 Å². The third-order valence-corrected chi connectivity index (χ3v) is 5.82. The van der Waals surface area contributed by atoms with E-state index in [-0.39, 0.29) is 5.92 Å². The molecular weight excluding hydrogens is 396 g/mol. The molecule has 152 valence electrons. The first-order valence-corrected chi connectivity index (χ1v) is 9.70. The number of hydrogen-bond donors (Lipinski definition) is 1. The SMILES string of the molecule is Cc1ccc(N2CC(C)C[N+]3=C2N=C2C3C(=O)N(CC(N)=O)C(=O)N2C)cc1Cl. The maximum absolute atomic E-state index is 13.1. The third kappa shape index (κ3) is 3.05. The van der Waals surface area contributed by atoms with Crippen molar-refractivity contribution in [3.05, 3.63) is 28.8 Å². The van der Waals surface area contributed by atoms with Crippen LogP contribution in [-0.2, 0) is 9.59 Å². The molecule has 0 aromatic heterocycles. The van der Waals surface area contributed by atoms with Gasteiger partial charge in [0, 0.05) is 18.0 Å². The Morgan fingerprint density at radius 1 is 1.38 bits per heavy atom. The zero-order valence-corrected chi connectivity index (χ0v) is 17.2. The van der Waals surface area contributed by atoms with Crippen LogP contribution < -0.4 is 10.6 Å². The fraction of sp³-hybridized carbons (Fsp3) is 0.421. The summed E-state index contributed by atoms with van der Waals surface area (Å²) >= 11 is 6.32. The first-order chi connectivity index (χ1) is 13.7. The fourth-order valence-electron chi connectivity index (χ4n) is 3.97. The molecule has 3 aliphatic rings. The molecule has 0 spiro atoms. The van der Waals surface area contributed by atoms with Crippen molar-refractivity contribution in [2.45, 2.75) is 19.9 Å². The van der Waals surface area contributed by atoms with Crippen molar-refractivity contribution in [1.82, 2.24) is 9.80 Å². The van der Waals surface area contributed by atoms with Gasteiger partial charge in [0.15, 0.2) is 0 Å². The number of urea groups is 1. The lowest BCUT2D eigenvalue weighted by molar-refractivity contribution is -0.545. The number of primary amides is 1. The largest absolute Gasteiger partial charge is 0.397 e. The number of guanidine groups is 1. The molecule has 4 amide bonds. The summed E-state index contributed by atoms with van der Waals surface area (Å²) in [5.74, 6) is -0.0547. The summed E-state index contributed by atoms with van der Waals surface area (Å²) in [6.45, 7) is 4.86. The lowest BCUT2D eigenvalue weighted by Gasteiger charge is -2.35. The van der Waals surface area contributed by atoms with Crippen LogP contribution in [0.25, 0.3) is 0 Å². The van der Waals surface area contributed by atoms with Gasteiger partial charge >= 0.3 is 12.0 Å². The van der Waals surface area contributed by atoms with Crippen LogP contribution in [0.1, 0.15) is 12.5 Å². The molecule has 1 aromatic carbocycles. The van der Waals surface area contributed by atoms with E-state index in [9.17, 15) is 14.4 Å². The molecule has 1 saturated heterocycles. The number of imide groups is 1. The molecule has 3 aliphatic heterocycles. The van der Waals surface area contributed by atoms with Crippen molar-refractivity contribution < 1.29 is 19.0 Å². The molecule has 0 saturated carbocycles. The number of aliphatic imine (C=N–C) groups is 1. The lowest BCUT2D eigenvalue weighted by atomic mass is 10.1. The molecule has 1 fully saturated rings. The topological polar surface area (TPSA) is 102 Å². The van der Waals surface area contributed by atoms with Crippen LogP contribution in [0.4, 0.5) is 10.5 Å². The van der Waals surface area contributed by atoms with E-state index in [1.165, 1.54) is 4.90 Å². The summed E-state index contributed by atoms with van der Waals surface area (Å²) < 4.78 is 1.89. The number of amides is 4. The summed E-state index contributed by atoms with van der Waals surface area (Å²) in [6, 6.07) is 4.40. The van der Waals surface area contributed by atoms with Gasteiger partial charge < -0.3 is 5.73 Å². The molecule has 3 heterocycles. The molecule has 2 N–H and O–H groups in total. The van der Waals surface area contributed by atoms with Gasteiger partial charge in [-0.3, -0.25) is 19.4 Å². The number of benzene rings is 1. The van der Waals surface area contributed by atoms with Crippen LogP contribution in [0.15, 0.2) is 23.2 Å². The number of amidine groups is 1. The van der Waals surface area contributed by atoms with E-state index in [2.05, 4.69) is 11.9 Å². The Morgan fingerprint density at radius 2 is 2.10 bits per heavy atom. The van der Waals surface area contributed by atoms with Gasteiger partial charge in [0.05, 0.1) is 13.1 Å². The molecule has 2 atom stereocenters. The second-order valence-electron chi connectivity index (χ2n) is 7.71. The van der Waals surface area contributed by atoms with E-state index in [1.807, 2.05) is 34.6 Å². The first kappa shape index (κ1) is 19.4. The number of hydrogen-bond acceptors (Lipinski definition) is 5. The smallest absolute Gasteiger partial charge is 0.368 e. The summed E-state index contributed by atoms with van der Waals surface area (Å²) in [5, 5.41) is 0.645. The number of halogens is 1. The standard InChI is InChI=1S/C19H21ClN6O3/c1-10-7-24(12-5-4-11(2)13(20)6-12)18-22-16-15(25(18)8-10)17(28)26(9-14(21)27)19(29)23(16)3/h4-6,10,15H,7-9H2,1-3H3,(H-,21,27)/p+1. The number of carbonyl (C=O) groups excluding carboxylic acids is 3. The Kier molecular flexibility index (Phi) is 4.57. The number of aryl methyl sites for hydroxylation is 1. The van der Waals surface area contributed by atoms with Gasteiger partial charge in [0.25, 0.3) is 5.91 Å². The number of rotatable bonds is 3. The van der Waals surface area contributed by atoms with Gasteiger partial charge in [0.1, 0.15) is 12.2 Å². The molecule has 10 heteroatoms. The maximum Gasteiger partial charge on any atom is 0.397 e. The second-order valence-corrected chi connectivity index (χ2v) is 8.11. The highest BCUT2D eigenvalue weighted by Gasteiger charge is 2.55. The predicted molar refractivity (Wildman–Crippen MR) is 108 cm³/mol. The van der Waals surface area contributed by atoms with Crippen molar-refractivity contribution in [1.29, 1.82) is 0 Å². The normalized spacial score (nSPS) is 24.0. The monoisotopic (exact) mass is 417 g/mol. The molecule has 4 rings (SSSR count). The van der Waals surface area contributed by atoms with E-state index in [4.69, 9.17) is 17.3 Å². The molecule has 0 bridgehead atoms. The van der Waals surface area contributed by atoms with Gasteiger partial charge in [-0.15, -0.1) is 0 Å². The van der Waals surface area contributed by atoms with Crippen LogP contribution in [0.3, 0.4) is 0 Å². The first-order valence-electron chi connectivity index (χ1n) is 9.32. The van der Waals surface area contributed by atoms with Crippen LogP contribution in [0.5, 0.6) is 0 Å². The van der Waals surface area contributed by atoms with Crippen molar-refractivity contribution in [2.75, 3.05) is 31.6 Å². The average Bonchev–Trinajstić information content (AvgIpc) is 3.04. The summed E-state index contributed by atoms with van der Waals surface area (Å²) in [7, 11) is 1.55. The van der Waals surface area contributed by atoms with Gasteiger partial charge in [0.2, 0.25) is 17.8 Å². The molecule has 1 aromatic rings. The summed E-state index contributed by atoms with van der Waals surface area (Å²) in [6.07, 6.45) is 0. The molecule has 2 unspecified atom stereocenters. The Bertz CT molecular complexity index is 1000. The molecular formula is C19H22ClN6O3+. The van der Waals surface area contributed by atoms with E-state index in [1.54, 1.807) is 7.05 Å². The predicted octanol–water partition coefficient (Wildman–Crippen LogP) is 0.633. The second kappa shape index (κ2) is 6.84. The van der Waals surface area contributed by atoms with Crippen LogP contribution in [0, 0.1) is 12.8 Å². The zero-order chi connectivity index (χ0) is 21.0. The van der Waals surface area contributed by atoms with E-state index >= 15 is 0 Å². The lowest BCUT2D eigenvalue weighted by Crippen LogP contribution is -2.64. The minimum Gasteiger partial charge on any atom is -0.368 e. The number of anilines is 1. The summed E-state index contributed by atoms with van der Waals surface area (Å²) in [4.78, 5) is 45.9. The Hall–Kier alpha value is -2.94. The van der Waals surface area contributed by atoms with Crippen LogP contribution in [0.2, 0.25) is 5.02 Å².